The molecule has 146 valence electrons. The Morgan fingerprint density at radius 3 is 2.11 bits per heavy atom. The lowest BCUT2D eigenvalue weighted by Crippen LogP contribution is -2.38. The number of methoxy groups -OCH3 is 1. The van der Waals surface area contributed by atoms with Crippen molar-refractivity contribution < 1.29 is 18.3 Å². The maximum Gasteiger partial charge on any atom is 0.244 e. The molecule has 0 saturated carbocycles. The third-order valence-electron chi connectivity index (χ3n) is 4.58. The van der Waals surface area contributed by atoms with Gasteiger partial charge in [0.15, 0.2) is 0 Å². The maximum absolute atomic E-state index is 12.6. The van der Waals surface area contributed by atoms with Gasteiger partial charge >= 0.3 is 0 Å². The zero-order valence-corrected chi connectivity index (χ0v) is 16.6. The van der Waals surface area contributed by atoms with Crippen molar-refractivity contribution in [1.82, 2.24) is 4.72 Å². The summed E-state index contributed by atoms with van der Waals surface area (Å²) < 4.78 is 32.9. The molecule has 6 heteroatoms. The molecule has 0 bridgehead atoms. The van der Waals surface area contributed by atoms with Crippen molar-refractivity contribution in [3.05, 3.63) is 84.4 Å². The summed E-state index contributed by atoms with van der Waals surface area (Å²) in [5.74, 6) is 0.252. The van der Waals surface area contributed by atoms with Gasteiger partial charge in [-0.3, -0.25) is 0 Å². The molecule has 0 unspecified atom stereocenters. The highest BCUT2D eigenvalue weighted by Gasteiger charge is 2.27. The molecule has 0 aliphatic heterocycles. The summed E-state index contributed by atoms with van der Waals surface area (Å²) >= 11 is 0. The van der Waals surface area contributed by atoms with Gasteiger partial charge in [-0.05, 0) is 35.7 Å². The van der Waals surface area contributed by atoms with Crippen molar-refractivity contribution in [3.63, 3.8) is 0 Å². The van der Waals surface area contributed by atoms with Gasteiger partial charge in [0.25, 0.3) is 0 Å². The molecular weight excluding hydrogens is 374 g/mol. The largest absolute Gasteiger partial charge is 0.495 e. The molecule has 3 aromatic carbocycles. The van der Waals surface area contributed by atoms with E-state index in [0.29, 0.717) is 5.56 Å². The lowest BCUT2D eigenvalue weighted by atomic mass is 9.94. The second-order valence-electron chi connectivity index (χ2n) is 6.69. The fraction of sp³-hybridized carbons (Fsp3) is 0.182. The van der Waals surface area contributed by atoms with Crippen molar-refractivity contribution in [3.8, 4) is 16.9 Å². The summed E-state index contributed by atoms with van der Waals surface area (Å²) in [5.41, 5.74) is 1.35. The van der Waals surface area contributed by atoms with E-state index in [1.54, 1.807) is 37.3 Å². The first-order valence-electron chi connectivity index (χ1n) is 8.84. The topological polar surface area (TPSA) is 75.6 Å². The van der Waals surface area contributed by atoms with Gasteiger partial charge in [0.2, 0.25) is 10.0 Å². The highest BCUT2D eigenvalue weighted by Crippen LogP contribution is 2.26. The van der Waals surface area contributed by atoms with Crippen LogP contribution in [0.5, 0.6) is 5.75 Å². The molecule has 0 radical (unpaired) electrons. The first kappa shape index (κ1) is 20.1. The van der Waals surface area contributed by atoms with Crippen LogP contribution in [0.4, 0.5) is 0 Å². The number of hydrogen-bond acceptors (Lipinski definition) is 4. The molecule has 0 heterocycles. The van der Waals surface area contributed by atoms with E-state index in [9.17, 15) is 13.5 Å². The Morgan fingerprint density at radius 2 is 1.46 bits per heavy atom. The summed E-state index contributed by atoms with van der Waals surface area (Å²) in [4.78, 5) is 0.0349. The monoisotopic (exact) mass is 397 g/mol. The predicted molar refractivity (Wildman–Crippen MR) is 110 cm³/mol. The van der Waals surface area contributed by atoms with Gasteiger partial charge in [-0.15, -0.1) is 0 Å². The Hall–Kier alpha value is -2.67. The molecule has 0 saturated heterocycles. The van der Waals surface area contributed by atoms with Crippen LogP contribution in [0, 0.1) is 0 Å². The van der Waals surface area contributed by atoms with Crippen molar-refractivity contribution in [1.29, 1.82) is 0 Å². The van der Waals surface area contributed by atoms with Crippen molar-refractivity contribution in [2.45, 2.75) is 17.4 Å². The molecule has 3 rings (SSSR count). The number of hydrogen-bond donors (Lipinski definition) is 2. The van der Waals surface area contributed by atoms with Crippen LogP contribution in [-0.4, -0.2) is 27.2 Å². The minimum Gasteiger partial charge on any atom is -0.495 e. The van der Waals surface area contributed by atoms with Gasteiger partial charge in [0.05, 0.1) is 7.11 Å². The predicted octanol–water partition coefficient (Wildman–Crippen LogP) is 3.55. The standard InChI is InChI=1S/C22H23NO4S/c1-22(24,16-23-28(25,26)21-11-7-6-10-20(21)27-2)19-14-12-18(13-15-19)17-8-4-3-5-9-17/h3-15,23-24H,16H2,1-2H3/t22-/m0/s1. The number of benzene rings is 3. The highest BCUT2D eigenvalue weighted by atomic mass is 32.2. The normalized spacial score (nSPS) is 13.7. The fourth-order valence-electron chi connectivity index (χ4n) is 2.91. The van der Waals surface area contributed by atoms with Crippen LogP contribution in [0.2, 0.25) is 0 Å². The number of ether oxygens (including phenoxy) is 1. The summed E-state index contributed by atoms with van der Waals surface area (Å²) in [6.07, 6.45) is 0. The first-order chi connectivity index (χ1) is 13.3. The van der Waals surface area contributed by atoms with E-state index in [2.05, 4.69) is 4.72 Å². The molecule has 0 spiro atoms. The summed E-state index contributed by atoms with van der Waals surface area (Å²) in [5, 5.41) is 10.8. The van der Waals surface area contributed by atoms with Gasteiger partial charge in [-0.1, -0.05) is 66.7 Å². The molecule has 0 amide bonds. The smallest absolute Gasteiger partial charge is 0.244 e. The Labute approximate surface area is 165 Å². The van der Waals surface area contributed by atoms with Gasteiger partial charge in [-0.25, -0.2) is 13.1 Å². The summed E-state index contributed by atoms with van der Waals surface area (Å²) in [6, 6.07) is 23.7. The first-order valence-corrected chi connectivity index (χ1v) is 10.3. The quantitative estimate of drug-likeness (QED) is 0.639. The molecule has 28 heavy (non-hydrogen) atoms. The number of rotatable bonds is 7. The van der Waals surface area contributed by atoms with Crippen LogP contribution < -0.4 is 9.46 Å². The fourth-order valence-corrected chi connectivity index (χ4v) is 4.21. The molecule has 5 nitrogen and oxygen atoms in total. The zero-order valence-electron chi connectivity index (χ0n) is 15.8. The number of nitrogens with one attached hydrogen (secondary N) is 1. The Kier molecular flexibility index (Phi) is 5.84. The molecule has 2 N–H and O–H groups in total. The van der Waals surface area contributed by atoms with Crippen LogP contribution in [0.3, 0.4) is 0 Å². The van der Waals surface area contributed by atoms with E-state index in [0.717, 1.165) is 11.1 Å². The van der Waals surface area contributed by atoms with Gasteiger partial charge < -0.3 is 9.84 Å². The Morgan fingerprint density at radius 1 is 0.893 bits per heavy atom. The second-order valence-corrected chi connectivity index (χ2v) is 8.43. The van der Waals surface area contributed by atoms with Gasteiger partial charge in [-0.2, -0.15) is 0 Å². The van der Waals surface area contributed by atoms with Crippen molar-refractivity contribution >= 4 is 10.0 Å². The van der Waals surface area contributed by atoms with E-state index in [4.69, 9.17) is 4.74 Å². The van der Waals surface area contributed by atoms with E-state index < -0.39 is 15.6 Å². The van der Waals surface area contributed by atoms with E-state index >= 15 is 0 Å². The van der Waals surface area contributed by atoms with Gasteiger partial charge in [0.1, 0.15) is 16.2 Å². The second kappa shape index (κ2) is 8.14. The van der Waals surface area contributed by atoms with Crippen molar-refractivity contribution in [2.75, 3.05) is 13.7 Å². The highest BCUT2D eigenvalue weighted by molar-refractivity contribution is 7.89. The van der Waals surface area contributed by atoms with Crippen LogP contribution in [0.15, 0.2) is 83.8 Å². The molecule has 0 fully saturated rings. The SMILES string of the molecule is COc1ccccc1S(=O)(=O)NC[C@](C)(O)c1ccc(-c2ccccc2)cc1. The lowest BCUT2D eigenvalue weighted by Gasteiger charge is -2.24. The number of para-hydroxylation sites is 1. The average molecular weight is 397 g/mol. The molecule has 0 aliphatic carbocycles. The van der Waals surface area contributed by atoms with Crippen LogP contribution in [-0.2, 0) is 15.6 Å². The van der Waals surface area contributed by atoms with Crippen LogP contribution in [0.1, 0.15) is 12.5 Å². The van der Waals surface area contributed by atoms with E-state index in [1.165, 1.54) is 13.2 Å². The van der Waals surface area contributed by atoms with Crippen molar-refractivity contribution in [2.24, 2.45) is 0 Å². The maximum atomic E-state index is 12.6. The molecule has 3 aromatic rings. The van der Waals surface area contributed by atoms with Gasteiger partial charge in [0, 0.05) is 6.54 Å². The average Bonchev–Trinajstić information content (AvgIpc) is 2.73. The molecular formula is C22H23NO4S. The number of aliphatic hydroxyl groups is 1. The minimum absolute atomic E-state index is 0.0349. The summed E-state index contributed by atoms with van der Waals surface area (Å²) in [7, 11) is -2.41. The minimum atomic E-state index is -3.83. The van der Waals surface area contributed by atoms with Crippen LogP contribution >= 0.6 is 0 Å². The molecule has 1 atom stereocenters. The molecule has 0 aromatic heterocycles. The zero-order chi connectivity index (χ0) is 20.2. The lowest BCUT2D eigenvalue weighted by molar-refractivity contribution is 0.0627. The Balaban J connectivity index is 1.76. The third-order valence-corrected chi connectivity index (χ3v) is 6.02. The molecule has 0 aliphatic rings. The Bertz CT molecular complexity index is 1030. The number of sulfonamides is 1. The third kappa shape index (κ3) is 4.42. The summed E-state index contributed by atoms with van der Waals surface area (Å²) in [6.45, 7) is 1.41. The van der Waals surface area contributed by atoms with Crippen LogP contribution in [0.25, 0.3) is 11.1 Å². The van der Waals surface area contributed by atoms with E-state index in [-0.39, 0.29) is 17.2 Å². The van der Waals surface area contributed by atoms with E-state index in [1.807, 2.05) is 42.5 Å².